The maximum Gasteiger partial charge on any atom is 0.220 e. The normalized spacial score (nSPS) is 16.2. The molecule has 4 nitrogen and oxygen atoms in total. The molecule has 0 spiro atoms. The highest BCUT2D eigenvalue weighted by Crippen LogP contribution is 2.30. The largest absolute Gasteiger partial charge is 0.508 e. The number of rotatable bonds is 4. The number of phenolic OH excluding ortho intramolecular Hbond substituents is 1. The molecule has 4 heteroatoms. The Morgan fingerprint density at radius 1 is 1.25 bits per heavy atom. The third-order valence-electron chi connectivity index (χ3n) is 3.10. The van der Waals surface area contributed by atoms with Crippen molar-refractivity contribution < 1.29 is 19.4 Å². The van der Waals surface area contributed by atoms with Gasteiger partial charge in [-0.25, -0.2) is 0 Å². The summed E-state index contributed by atoms with van der Waals surface area (Å²) in [6.45, 7) is 3.70. The van der Waals surface area contributed by atoms with E-state index < -0.39 is 5.92 Å². The molecule has 0 aliphatic heterocycles. The number of aromatic hydroxyl groups is 1. The monoisotopic (exact) mass is 270 g/mol. The average Bonchev–Trinajstić information content (AvgIpc) is 2.43. The molecule has 1 aliphatic rings. The number of ether oxygens (including phenoxy) is 1. The smallest absolute Gasteiger partial charge is 0.220 e. The van der Waals surface area contributed by atoms with Crippen molar-refractivity contribution in [3.8, 4) is 5.75 Å². The van der Waals surface area contributed by atoms with E-state index in [0.29, 0.717) is 11.1 Å². The van der Waals surface area contributed by atoms with Gasteiger partial charge in [0, 0.05) is 17.6 Å². The van der Waals surface area contributed by atoms with E-state index in [-0.39, 0.29) is 23.1 Å². The summed E-state index contributed by atoms with van der Waals surface area (Å²) in [6.07, 6.45) is 4.01. The number of methoxy groups -OCH3 is 1. The van der Waals surface area contributed by atoms with Crippen molar-refractivity contribution >= 4 is 11.6 Å². The van der Waals surface area contributed by atoms with Crippen LogP contribution in [0.2, 0.25) is 0 Å². The summed E-state index contributed by atoms with van der Waals surface area (Å²) in [7, 11) is 1.34. The van der Waals surface area contributed by atoms with Gasteiger partial charge in [-0.05, 0) is 23.8 Å². The van der Waals surface area contributed by atoms with Crippen LogP contribution >= 0.6 is 0 Å². The Hall–Kier alpha value is -2.62. The second kappa shape index (κ2) is 5.57. The molecule has 0 bridgehead atoms. The Labute approximate surface area is 116 Å². The Morgan fingerprint density at radius 2 is 2.00 bits per heavy atom. The first-order valence-electron chi connectivity index (χ1n) is 6.04. The van der Waals surface area contributed by atoms with Crippen LogP contribution in [0.1, 0.15) is 11.5 Å². The molecule has 1 aromatic rings. The number of phenols is 1. The Balaban J connectivity index is 2.41. The zero-order valence-electron chi connectivity index (χ0n) is 11.0. The van der Waals surface area contributed by atoms with Gasteiger partial charge in [-0.3, -0.25) is 9.59 Å². The lowest BCUT2D eigenvalue weighted by Crippen LogP contribution is -2.18. The lowest BCUT2D eigenvalue weighted by atomic mass is 9.85. The van der Waals surface area contributed by atoms with Crippen LogP contribution in [0.15, 0.2) is 60.4 Å². The molecular weight excluding hydrogens is 256 g/mol. The van der Waals surface area contributed by atoms with Crippen LogP contribution in [-0.4, -0.2) is 23.8 Å². The molecule has 0 saturated carbocycles. The maximum atomic E-state index is 12.1. The minimum absolute atomic E-state index is 0.0254. The summed E-state index contributed by atoms with van der Waals surface area (Å²) < 4.78 is 4.84. The second-order valence-electron chi connectivity index (χ2n) is 4.35. The van der Waals surface area contributed by atoms with Crippen LogP contribution in [0.25, 0.3) is 0 Å². The summed E-state index contributed by atoms with van der Waals surface area (Å²) in [5.74, 6) is -0.980. The van der Waals surface area contributed by atoms with E-state index >= 15 is 0 Å². The van der Waals surface area contributed by atoms with Crippen LogP contribution < -0.4 is 0 Å². The van der Waals surface area contributed by atoms with E-state index in [1.54, 1.807) is 24.3 Å². The highest BCUT2D eigenvalue weighted by Gasteiger charge is 2.26. The lowest BCUT2D eigenvalue weighted by Gasteiger charge is -2.18. The highest BCUT2D eigenvalue weighted by molar-refractivity contribution is 6.19. The van der Waals surface area contributed by atoms with E-state index in [9.17, 15) is 14.7 Å². The van der Waals surface area contributed by atoms with Crippen LogP contribution in [0.3, 0.4) is 0 Å². The van der Waals surface area contributed by atoms with Crippen molar-refractivity contribution in [1.82, 2.24) is 0 Å². The number of hydrogen-bond donors (Lipinski definition) is 1. The summed E-state index contributed by atoms with van der Waals surface area (Å²) in [5.41, 5.74) is 1.01. The second-order valence-corrected chi connectivity index (χ2v) is 4.35. The first-order chi connectivity index (χ1) is 9.56. The number of carbonyl (C=O) groups excluding carboxylic acids is 2. The summed E-state index contributed by atoms with van der Waals surface area (Å²) in [6, 6.07) is 6.52. The molecule has 0 heterocycles. The van der Waals surface area contributed by atoms with Gasteiger partial charge in [-0.15, -0.1) is 6.58 Å². The van der Waals surface area contributed by atoms with E-state index in [4.69, 9.17) is 4.74 Å². The van der Waals surface area contributed by atoms with E-state index in [0.717, 1.165) is 0 Å². The molecule has 0 amide bonds. The molecule has 1 N–H and O–H groups in total. The van der Waals surface area contributed by atoms with Gasteiger partial charge in [0.15, 0.2) is 11.5 Å². The third kappa shape index (κ3) is 2.54. The molecule has 1 aromatic carbocycles. The zero-order valence-corrected chi connectivity index (χ0v) is 11.0. The standard InChI is InChI=1S/C16H14O4/c1-3-12(10-5-4-6-11(17)7-10)13-8-15(19)16(20-2)9-14(13)18/h3-9,12,17H,1H2,2H3. The molecule has 0 aromatic heterocycles. The molecule has 0 radical (unpaired) electrons. The van der Waals surface area contributed by atoms with Crippen LogP contribution in [0.5, 0.6) is 5.75 Å². The molecule has 1 aliphatic carbocycles. The van der Waals surface area contributed by atoms with Gasteiger partial charge in [0.2, 0.25) is 5.78 Å². The first-order valence-corrected chi connectivity index (χ1v) is 6.04. The van der Waals surface area contributed by atoms with Gasteiger partial charge in [-0.1, -0.05) is 18.2 Å². The predicted molar refractivity (Wildman–Crippen MR) is 74.2 cm³/mol. The lowest BCUT2D eigenvalue weighted by molar-refractivity contribution is -0.117. The fraction of sp³-hybridized carbons (Fsp3) is 0.125. The van der Waals surface area contributed by atoms with Crippen molar-refractivity contribution in [3.05, 3.63) is 66.0 Å². The molecule has 20 heavy (non-hydrogen) atoms. The Bertz CT molecular complexity index is 638. The fourth-order valence-corrected chi connectivity index (χ4v) is 2.12. The minimum Gasteiger partial charge on any atom is -0.508 e. The summed E-state index contributed by atoms with van der Waals surface area (Å²) >= 11 is 0. The molecule has 2 rings (SSSR count). The summed E-state index contributed by atoms with van der Waals surface area (Å²) in [5, 5.41) is 9.52. The Morgan fingerprint density at radius 3 is 2.60 bits per heavy atom. The highest BCUT2D eigenvalue weighted by atomic mass is 16.5. The number of hydrogen-bond acceptors (Lipinski definition) is 4. The molecule has 1 atom stereocenters. The minimum atomic E-state index is -0.451. The van der Waals surface area contributed by atoms with Crippen molar-refractivity contribution in [1.29, 1.82) is 0 Å². The molecular formula is C16H14O4. The van der Waals surface area contributed by atoms with E-state index in [1.807, 2.05) is 0 Å². The predicted octanol–water partition coefficient (Wildman–Crippen LogP) is 2.27. The van der Waals surface area contributed by atoms with E-state index in [2.05, 4.69) is 6.58 Å². The number of carbonyl (C=O) groups is 2. The van der Waals surface area contributed by atoms with Gasteiger partial charge in [0.1, 0.15) is 5.75 Å². The van der Waals surface area contributed by atoms with Crippen LogP contribution in [-0.2, 0) is 14.3 Å². The van der Waals surface area contributed by atoms with Gasteiger partial charge in [-0.2, -0.15) is 0 Å². The quantitative estimate of drug-likeness (QED) is 0.673. The van der Waals surface area contributed by atoms with Gasteiger partial charge in [0.05, 0.1) is 7.11 Å². The molecule has 102 valence electrons. The van der Waals surface area contributed by atoms with Crippen LogP contribution in [0, 0.1) is 0 Å². The third-order valence-corrected chi connectivity index (χ3v) is 3.10. The topological polar surface area (TPSA) is 63.6 Å². The average molecular weight is 270 g/mol. The molecule has 0 fully saturated rings. The zero-order chi connectivity index (χ0) is 14.7. The van der Waals surface area contributed by atoms with Crippen molar-refractivity contribution in [2.24, 2.45) is 0 Å². The van der Waals surface area contributed by atoms with E-state index in [1.165, 1.54) is 25.3 Å². The van der Waals surface area contributed by atoms with Crippen molar-refractivity contribution in [3.63, 3.8) is 0 Å². The van der Waals surface area contributed by atoms with Crippen molar-refractivity contribution in [2.45, 2.75) is 5.92 Å². The summed E-state index contributed by atoms with van der Waals surface area (Å²) in [4.78, 5) is 23.9. The van der Waals surface area contributed by atoms with Gasteiger partial charge in [0.25, 0.3) is 0 Å². The van der Waals surface area contributed by atoms with Gasteiger partial charge < -0.3 is 9.84 Å². The number of allylic oxidation sites excluding steroid dienone is 4. The molecule has 1 unspecified atom stereocenters. The SMILES string of the molecule is C=CC(C1=CC(=O)C(OC)=CC1=O)c1cccc(O)c1. The van der Waals surface area contributed by atoms with Gasteiger partial charge >= 0.3 is 0 Å². The van der Waals surface area contributed by atoms with Crippen LogP contribution in [0.4, 0.5) is 0 Å². The fourth-order valence-electron chi connectivity index (χ4n) is 2.12. The Kier molecular flexibility index (Phi) is 3.84. The van der Waals surface area contributed by atoms with Crippen molar-refractivity contribution in [2.75, 3.05) is 7.11 Å². The first kappa shape index (κ1) is 13.8. The maximum absolute atomic E-state index is 12.1. The number of benzene rings is 1. The number of ketones is 2. The molecule has 0 saturated heterocycles.